The van der Waals surface area contributed by atoms with Crippen LogP contribution in [0.5, 0.6) is 11.6 Å². The molecule has 1 aromatic heterocycles. The average molecular weight is 304 g/mol. The van der Waals surface area contributed by atoms with Crippen LogP contribution in [0.25, 0.3) is 10.9 Å². The first kappa shape index (κ1) is 13.8. The van der Waals surface area contributed by atoms with E-state index in [-0.39, 0.29) is 12.5 Å². The van der Waals surface area contributed by atoms with Gasteiger partial charge in [0.25, 0.3) is 0 Å². The molecule has 0 aliphatic heterocycles. The quantitative estimate of drug-likeness (QED) is 0.870. The summed E-state index contributed by atoms with van der Waals surface area (Å²) in [5, 5.41) is 1.45. The monoisotopic (exact) mass is 303 g/mol. The zero-order chi connectivity index (χ0) is 14.0. The fourth-order valence-corrected chi connectivity index (χ4v) is 2.27. The third kappa shape index (κ3) is 2.72. The first-order chi connectivity index (χ1) is 9.06. The number of hydrogen-bond donors (Lipinski definition) is 1. The SMILES string of the molecule is CCOC(=O)Oc1[nH]c2cc(Cl)cc(Cl)c2c1OC. The molecule has 0 atom stereocenters. The van der Waals surface area contributed by atoms with Gasteiger partial charge in [-0.2, -0.15) is 0 Å². The highest BCUT2D eigenvalue weighted by Crippen LogP contribution is 2.41. The van der Waals surface area contributed by atoms with Crippen LogP contribution in [0.3, 0.4) is 0 Å². The molecule has 1 N–H and O–H groups in total. The number of H-pyrrole nitrogens is 1. The molecule has 0 spiro atoms. The molecular weight excluding hydrogens is 293 g/mol. The molecule has 1 heterocycles. The Labute approximate surface area is 119 Å². The second-order valence-electron chi connectivity index (χ2n) is 3.58. The number of ether oxygens (including phenoxy) is 3. The van der Waals surface area contributed by atoms with Crippen molar-refractivity contribution in [3.63, 3.8) is 0 Å². The predicted octanol–water partition coefficient (Wildman–Crippen LogP) is 4.02. The molecular formula is C12H11Cl2NO4. The van der Waals surface area contributed by atoms with Gasteiger partial charge in [-0.15, -0.1) is 0 Å². The predicted molar refractivity (Wildman–Crippen MR) is 72.5 cm³/mol. The van der Waals surface area contributed by atoms with Gasteiger partial charge >= 0.3 is 6.16 Å². The number of benzene rings is 1. The third-order valence-electron chi connectivity index (χ3n) is 2.39. The van der Waals surface area contributed by atoms with Gasteiger partial charge in [0.1, 0.15) is 0 Å². The van der Waals surface area contributed by atoms with Gasteiger partial charge in [0, 0.05) is 5.02 Å². The van der Waals surface area contributed by atoms with Crippen LogP contribution in [-0.4, -0.2) is 24.9 Å². The van der Waals surface area contributed by atoms with E-state index in [1.165, 1.54) is 7.11 Å². The minimum Gasteiger partial charge on any atom is -0.491 e. The summed E-state index contributed by atoms with van der Waals surface area (Å²) < 4.78 is 14.9. The van der Waals surface area contributed by atoms with Crippen molar-refractivity contribution in [2.45, 2.75) is 6.92 Å². The van der Waals surface area contributed by atoms with Gasteiger partial charge in [-0.3, -0.25) is 0 Å². The highest BCUT2D eigenvalue weighted by molar-refractivity contribution is 6.39. The molecule has 1 aromatic carbocycles. The van der Waals surface area contributed by atoms with Crippen LogP contribution < -0.4 is 9.47 Å². The van der Waals surface area contributed by atoms with E-state index >= 15 is 0 Å². The molecule has 2 rings (SSSR count). The zero-order valence-corrected chi connectivity index (χ0v) is 11.8. The first-order valence-corrected chi connectivity index (χ1v) is 6.21. The number of carbonyl (C=O) groups excluding carboxylic acids is 1. The average Bonchev–Trinajstić information content (AvgIpc) is 2.66. The van der Waals surface area contributed by atoms with Crippen LogP contribution in [-0.2, 0) is 4.74 Å². The number of hydrogen-bond acceptors (Lipinski definition) is 4. The van der Waals surface area contributed by atoms with Crippen molar-refractivity contribution in [3.8, 4) is 11.6 Å². The Bertz CT molecular complexity index is 624. The lowest BCUT2D eigenvalue weighted by Gasteiger charge is -2.04. The van der Waals surface area contributed by atoms with Crippen molar-refractivity contribution in [3.05, 3.63) is 22.2 Å². The molecule has 0 radical (unpaired) electrons. The lowest BCUT2D eigenvalue weighted by atomic mass is 10.2. The first-order valence-electron chi connectivity index (χ1n) is 5.46. The maximum atomic E-state index is 11.3. The number of carbonyl (C=O) groups is 1. The Morgan fingerprint density at radius 1 is 1.37 bits per heavy atom. The second kappa shape index (κ2) is 5.59. The van der Waals surface area contributed by atoms with Crippen LogP contribution >= 0.6 is 23.2 Å². The van der Waals surface area contributed by atoms with Crippen molar-refractivity contribution >= 4 is 40.3 Å². The summed E-state index contributed by atoms with van der Waals surface area (Å²) in [6.45, 7) is 1.90. The summed E-state index contributed by atoms with van der Waals surface area (Å²) in [6.07, 6.45) is -0.824. The molecule has 7 heteroatoms. The van der Waals surface area contributed by atoms with Crippen LogP contribution in [0.2, 0.25) is 10.0 Å². The lowest BCUT2D eigenvalue weighted by molar-refractivity contribution is 0.102. The maximum absolute atomic E-state index is 11.3. The highest BCUT2D eigenvalue weighted by Gasteiger charge is 2.19. The normalized spacial score (nSPS) is 10.5. The van der Waals surface area contributed by atoms with Gasteiger partial charge < -0.3 is 19.2 Å². The number of rotatable bonds is 3. The number of aromatic nitrogens is 1. The molecule has 0 amide bonds. The van der Waals surface area contributed by atoms with Gasteiger partial charge in [-0.05, 0) is 19.1 Å². The Morgan fingerprint density at radius 3 is 2.74 bits per heavy atom. The minimum absolute atomic E-state index is 0.125. The topological polar surface area (TPSA) is 60.5 Å². The Hall–Kier alpha value is -1.59. The van der Waals surface area contributed by atoms with Gasteiger partial charge in [-0.25, -0.2) is 4.79 Å². The van der Waals surface area contributed by atoms with Crippen LogP contribution in [0.1, 0.15) is 6.92 Å². The van der Waals surface area contributed by atoms with Crippen molar-refractivity contribution < 1.29 is 19.0 Å². The van der Waals surface area contributed by atoms with E-state index in [0.717, 1.165) is 0 Å². The fraction of sp³-hybridized carbons (Fsp3) is 0.250. The molecule has 102 valence electrons. The van der Waals surface area contributed by atoms with Crippen molar-refractivity contribution in [1.82, 2.24) is 4.98 Å². The van der Waals surface area contributed by atoms with E-state index in [4.69, 9.17) is 37.4 Å². The number of methoxy groups -OCH3 is 1. The van der Waals surface area contributed by atoms with Crippen molar-refractivity contribution in [2.24, 2.45) is 0 Å². The second-order valence-corrected chi connectivity index (χ2v) is 4.43. The van der Waals surface area contributed by atoms with Crippen LogP contribution in [0.4, 0.5) is 4.79 Å². The molecule has 0 fully saturated rings. The zero-order valence-electron chi connectivity index (χ0n) is 10.3. The molecule has 2 aromatic rings. The summed E-state index contributed by atoms with van der Waals surface area (Å²) >= 11 is 12.0. The molecule has 5 nitrogen and oxygen atoms in total. The Morgan fingerprint density at radius 2 is 2.11 bits per heavy atom. The van der Waals surface area contributed by atoms with E-state index in [1.54, 1.807) is 19.1 Å². The summed E-state index contributed by atoms with van der Waals surface area (Å²) in [5.41, 5.74) is 0.605. The van der Waals surface area contributed by atoms with Crippen LogP contribution in [0.15, 0.2) is 12.1 Å². The van der Waals surface area contributed by atoms with E-state index in [2.05, 4.69) is 4.98 Å². The smallest absolute Gasteiger partial charge is 0.491 e. The molecule has 19 heavy (non-hydrogen) atoms. The van der Waals surface area contributed by atoms with Gasteiger partial charge in [0.15, 0.2) is 5.75 Å². The summed E-state index contributed by atoms with van der Waals surface area (Å²) in [5.74, 6) is 0.449. The molecule has 0 saturated carbocycles. The van der Waals surface area contributed by atoms with Crippen molar-refractivity contribution in [1.29, 1.82) is 0 Å². The fourth-order valence-electron chi connectivity index (χ4n) is 1.69. The van der Waals surface area contributed by atoms with E-state index in [0.29, 0.717) is 26.7 Å². The summed E-state index contributed by atoms with van der Waals surface area (Å²) in [7, 11) is 1.45. The Balaban J connectivity index is 2.50. The Kier molecular flexibility index (Phi) is 4.07. The van der Waals surface area contributed by atoms with Crippen molar-refractivity contribution in [2.75, 3.05) is 13.7 Å². The number of nitrogens with one attached hydrogen (secondary N) is 1. The van der Waals surface area contributed by atoms with Gasteiger partial charge in [0.2, 0.25) is 5.88 Å². The van der Waals surface area contributed by atoms with Gasteiger partial charge in [0.05, 0.1) is 29.6 Å². The number of fused-ring (bicyclic) bond motifs is 1. The molecule has 0 aliphatic rings. The van der Waals surface area contributed by atoms with E-state index in [1.807, 2.05) is 0 Å². The number of aromatic amines is 1. The summed E-state index contributed by atoms with van der Waals surface area (Å²) in [4.78, 5) is 14.2. The molecule has 0 unspecified atom stereocenters. The molecule has 0 aliphatic carbocycles. The maximum Gasteiger partial charge on any atom is 0.515 e. The standard InChI is InChI=1S/C12H11Cl2NO4/c1-3-18-12(16)19-11-10(17-2)9-7(14)4-6(13)5-8(9)15-11/h4-5,15H,3H2,1-2H3. The number of halogens is 2. The third-order valence-corrected chi connectivity index (χ3v) is 2.90. The largest absolute Gasteiger partial charge is 0.515 e. The molecule has 0 bridgehead atoms. The van der Waals surface area contributed by atoms with Crippen LogP contribution in [0, 0.1) is 0 Å². The van der Waals surface area contributed by atoms with E-state index in [9.17, 15) is 4.79 Å². The summed E-state index contributed by atoms with van der Waals surface area (Å²) in [6, 6.07) is 3.24. The van der Waals surface area contributed by atoms with Gasteiger partial charge in [-0.1, -0.05) is 23.2 Å². The minimum atomic E-state index is -0.824. The lowest BCUT2D eigenvalue weighted by Crippen LogP contribution is -2.10. The molecule has 0 saturated heterocycles. The van der Waals surface area contributed by atoms with E-state index < -0.39 is 6.16 Å². The highest BCUT2D eigenvalue weighted by atomic mass is 35.5.